The fourth-order valence-corrected chi connectivity index (χ4v) is 2.95. The van der Waals surface area contributed by atoms with Gasteiger partial charge >= 0.3 is 6.09 Å². The van der Waals surface area contributed by atoms with Gasteiger partial charge in [-0.3, -0.25) is 9.69 Å². The molecule has 2 aliphatic rings. The van der Waals surface area contributed by atoms with E-state index in [1.165, 1.54) is 7.11 Å². The lowest BCUT2D eigenvalue weighted by Crippen LogP contribution is -2.50. The van der Waals surface area contributed by atoms with E-state index in [4.69, 9.17) is 18.9 Å². The number of carbonyl (C=O) groups is 2. The van der Waals surface area contributed by atoms with E-state index in [9.17, 15) is 9.59 Å². The highest BCUT2D eigenvalue weighted by Gasteiger charge is 2.24. The molecule has 1 aromatic carbocycles. The molecule has 1 N–H and O–H groups in total. The van der Waals surface area contributed by atoms with Gasteiger partial charge in [0, 0.05) is 38.3 Å². The summed E-state index contributed by atoms with van der Waals surface area (Å²) in [5, 5.41) is 2.85. The van der Waals surface area contributed by atoms with Crippen LogP contribution >= 0.6 is 0 Å². The van der Waals surface area contributed by atoms with Crippen LogP contribution in [0.15, 0.2) is 12.1 Å². The lowest BCUT2D eigenvalue weighted by molar-refractivity contribution is -0.117. The SMILES string of the molecule is CCCOC(=O)N1CCN(CC(=O)Nc2cc3c(cc2OC)OCO3)CC1. The van der Waals surface area contributed by atoms with Gasteiger partial charge in [0.15, 0.2) is 11.5 Å². The van der Waals surface area contributed by atoms with Crippen LogP contribution < -0.4 is 19.5 Å². The number of benzene rings is 1. The lowest BCUT2D eigenvalue weighted by atomic mass is 10.2. The number of amides is 2. The van der Waals surface area contributed by atoms with Crippen LogP contribution in [0.4, 0.5) is 10.5 Å². The van der Waals surface area contributed by atoms with Gasteiger partial charge in [0.2, 0.25) is 12.7 Å². The Hall–Kier alpha value is -2.68. The summed E-state index contributed by atoms with van der Waals surface area (Å²) in [4.78, 5) is 28.0. The first-order valence-corrected chi connectivity index (χ1v) is 9.02. The molecule has 2 amide bonds. The van der Waals surface area contributed by atoms with Crippen molar-refractivity contribution in [1.29, 1.82) is 0 Å². The van der Waals surface area contributed by atoms with Gasteiger partial charge in [0.25, 0.3) is 0 Å². The molecule has 0 aromatic heterocycles. The van der Waals surface area contributed by atoms with Gasteiger partial charge in [-0.2, -0.15) is 0 Å². The number of nitrogens with one attached hydrogen (secondary N) is 1. The summed E-state index contributed by atoms with van der Waals surface area (Å²) in [6, 6.07) is 3.39. The molecule has 148 valence electrons. The van der Waals surface area contributed by atoms with Gasteiger partial charge < -0.3 is 29.2 Å². The number of fused-ring (bicyclic) bond motifs is 1. The standard InChI is InChI=1S/C18H25N3O6/c1-3-8-25-18(23)21-6-4-20(5-7-21)11-17(22)19-13-9-15-16(27-12-26-15)10-14(13)24-2/h9-10H,3-8,11-12H2,1-2H3,(H,19,22). The largest absolute Gasteiger partial charge is 0.494 e. The second-order valence-corrected chi connectivity index (χ2v) is 6.33. The molecule has 0 radical (unpaired) electrons. The van der Waals surface area contributed by atoms with Gasteiger partial charge in [-0.1, -0.05) is 6.92 Å². The molecule has 0 saturated carbocycles. The first kappa shape index (κ1) is 19.1. The maximum Gasteiger partial charge on any atom is 0.409 e. The number of ether oxygens (including phenoxy) is 4. The Morgan fingerprint density at radius 3 is 2.52 bits per heavy atom. The number of piperazine rings is 1. The fraction of sp³-hybridized carbons (Fsp3) is 0.556. The summed E-state index contributed by atoms with van der Waals surface area (Å²) in [5.41, 5.74) is 0.536. The third kappa shape index (κ3) is 4.73. The minimum absolute atomic E-state index is 0.154. The van der Waals surface area contributed by atoms with Crippen molar-refractivity contribution in [2.75, 3.05) is 58.6 Å². The molecule has 2 heterocycles. The van der Waals surface area contributed by atoms with Crippen LogP contribution in [-0.2, 0) is 9.53 Å². The van der Waals surface area contributed by atoms with Crippen LogP contribution in [0.2, 0.25) is 0 Å². The Kier molecular flexibility index (Phi) is 6.23. The Bertz CT molecular complexity index is 688. The molecule has 0 aliphatic carbocycles. The van der Waals surface area contributed by atoms with Crippen LogP contribution in [0.25, 0.3) is 0 Å². The van der Waals surface area contributed by atoms with Crippen molar-refractivity contribution in [3.8, 4) is 17.2 Å². The third-order valence-electron chi connectivity index (χ3n) is 4.40. The highest BCUT2D eigenvalue weighted by molar-refractivity contribution is 5.94. The van der Waals surface area contributed by atoms with Crippen LogP contribution in [-0.4, -0.2) is 75.0 Å². The maximum atomic E-state index is 12.4. The number of nitrogens with zero attached hydrogens (tertiary/aromatic N) is 2. The third-order valence-corrected chi connectivity index (χ3v) is 4.40. The smallest absolute Gasteiger partial charge is 0.409 e. The number of hydrogen-bond acceptors (Lipinski definition) is 7. The van der Waals surface area contributed by atoms with Crippen molar-refractivity contribution in [3.05, 3.63) is 12.1 Å². The zero-order valence-electron chi connectivity index (χ0n) is 15.7. The summed E-state index contributed by atoms with van der Waals surface area (Å²) in [7, 11) is 1.53. The highest BCUT2D eigenvalue weighted by Crippen LogP contribution is 2.40. The first-order valence-electron chi connectivity index (χ1n) is 9.02. The minimum atomic E-state index is -0.286. The highest BCUT2D eigenvalue weighted by atomic mass is 16.7. The lowest BCUT2D eigenvalue weighted by Gasteiger charge is -2.33. The van der Waals surface area contributed by atoms with Crippen LogP contribution in [0.5, 0.6) is 17.2 Å². The van der Waals surface area contributed by atoms with Crippen molar-refractivity contribution in [3.63, 3.8) is 0 Å². The van der Waals surface area contributed by atoms with Gasteiger partial charge in [0.05, 0.1) is 25.9 Å². The Morgan fingerprint density at radius 1 is 1.15 bits per heavy atom. The molecule has 0 spiro atoms. The van der Waals surface area contributed by atoms with E-state index in [1.807, 2.05) is 11.8 Å². The summed E-state index contributed by atoms with van der Waals surface area (Å²) in [6.07, 6.45) is 0.515. The van der Waals surface area contributed by atoms with E-state index in [2.05, 4.69) is 5.32 Å². The predicted molar refractivity (Wildman–Crippen MR) is 97.4 cm³/mol. The van der Waals surface area contributed by atoms with Crippen molar-refractivity contribution in [2.24, 2.45) is 0 Å². The van der Waals surface area contributed by atoms with E-state index in [-0.39, 0.29) is 25.3 Å². The summed E-state index contributed by atoms with van der Waals surface area (Å²) in [6.45, 7) is 5.10. The number of carbonyl (C=O) groups excluding carboxylic acids is 2. The van der Waals surface area contributed by atoms with Crippen LogP contribution in [0, 0.1) is 0 Å². The van der Waals surface area contributed by atoms with E-state index < -0.39 is 0 Å². The Labute approximate surface area is 158 Å². The number of rotatable bonds is 6. The summed E-state index contributed by atoms with van der Waals surface area (Å²) >= 11 is 0. The molecule has 3 rings (SSSR count). The molecule has 1 aromatic rings. The molecular weight excluding hydrogens is 354 g/mol. The Morgan fingerprint density at radius 2 is 1.85 bits per heavy atom. The molecule has 0 atom stereocenters. The second kappa shape index (κ2) is 8.81. The summed E-state index contributed by atoms with van der Waals surface area (Å²) < 4.78 is 21.1. The van der Waals surface area contributed by atoms with Gasteiger partial charge in [0.1, 0.15) is 5.75 Å². The first-order chi connectivity index (χ1) is 13.1. The van der Waals surface area contributed by atoms with E-state index in [0.717, 1.165) is 6.42 Å². The van der Waals surface area contributed by atoms with Gasteiger partial charge in [-0.25, -0.2) is 4.79 Å². The molecule has 9 nitrogen and oxygen atoms in total. The molecule has 2 aliphatic heterocycles. The van der Waals surface area contributed by atoms with Crippen molar-refractivity contribution >= 4 is 17.7 Å². The normalized spacial score (nSPS) is 16.1. The minimum Gasteiger partial charge on any atom is -0.494 e. The van der Waals surface area contributed by atoms with Gasteiger partial charge in [-0.15, -0.1) is 0 Å². The van der Waals surface area contributed by atoms with Crippen LogP contribution in [0.1, 0.15) is 13.3 Å². The Balaban J connectivity index is 1.50. The maximum absolute atomic E-state index is 12.4. The van der Waals surface area contributed by atoms with Crippen molar-refractivity contribution in [1.82, 2.24) is 9.80 Å². The molecule has 1 saturated heterocycles. The van der Waals surface area contributed by atoms with Crippen LogP contribution in [0.3, 0.4) is 0 Å². The van der Waals surface area contributed by atoms with E-state index >= 15 is 0 Å². The molecule has 1 fully saturated rings. The molecule has 0 bridgehead atoms. The predicted octanol–water partition coefficient (Wildman–Crippen LogP) is 1.53. The van der Waals surface area contributed by atoms with E-state index in [1.54, 1.807) is 17.0 Å². The molecule has 0 unspecified atom stereocenters. The van der Waals surface area contributed by atoms with Gasteiger partial charge in [-0.05, 0) is 6.42 Å². The quantitative estimate of drug-likeness (QED) is 0.802. The topological polar surface area (TPSA) is 89.6 Å². The summed E-state index contributed by atoms with van der Waals surface area (Å²) in [5.74, 6) is 1.52. The second-order valence-electron chi connectivity index (χ2n) is 6.33. The zero-order chi connectivity index (χ0) is 19.2. The zero-order valence-corrected chi connectivity index (χ0v) is 15.7. The average Bonchev–Trinajstić information content (AvgIpc) is 3.13. The van der Waals surface area contributed by atoms with Crippen molar-refractivity contribution < 1.29 is 28.5 Å². The molecular formula is C18H25N3O6. The number of hydrogen-bond donors (Lipinski definition) is 1. The fourth-order valence-electron chi connectivity index (χ4n) is 2.95. The molecule has 27 heavy (non-hydrogen) atoms. The number of methoxy groups -OCH3 is 1. The van der Waals surface area contributed by atoms with E-state index in [0.29, 0.717) is 55.7 Å². The number of anilines is 1. The average molecular weight is 379 g/mol. The van der Waals surface area contributed by atoms with Crippen molar-refractivity contribution in [2.45, 2.75) is 13.3 Å². The molecule has 9 heteroatoms. The monoisotopic (exact) mass is 379 g/mol.